The van der Waals surface area contributed by atoms with E-state index in [1.807, 2.05) is 0 Å². The summed E-state index contributed by atoms with van der Waals surface area (Å²) in [4.78, 5) is 0. The number of hydrogen-bond donors (Lipinski definition) is 0. The Morgan fingerprint density at radius 2 is 0.620 bits per heavy atom. The molecule has 2 heteroatoms. The lowest BCUT2D eigenvalue weighted by Gasteiger charge is -2.07. The van der Waals surface area contributed by atoms with Gasteiger partial charge in [-0.15, -0.1) is 0 Å². The van der Waals surface area contributed by atoms with Crippen LogP contribution in [0.4, 0.5) is 0 Å². The molecule has 0 radical (unpaired) electrons. The van der Waals surface area contributed by atoms with E-state index in [1.54, 1.807) is 5.82 Å². The summed E-state index contributed by atoms with van der Waals surface area (Å²) < 4.78 is 5.28. The van der Waals surface area contributed by atoms with Gasteiger partial charge in [0.25, 0.3) is 5.82 Å². The van der Waals surface area contributed by atoms with Crippen LogP contribution in [0.5, 0.6) is 0 Å². The first kappa shape index (κ1) is 47.2. The Bertz CT molecular complexity index is 766. The lowest BCUT2D eigenvalue weighted by atomic mass is 10.0. The Morgan fingerprint density at radius 3 is 0.960 bits per heavy atom. The van der Waals surface area contributed by atoms with Crippen molar-refractivity contribution in [2.24, 2.45) is 0 Å². The van der Waals surface area contributed by atoms with Gasteiger partial charge >= 0.3 is 0 Å². The fourth-order valence-electron chi connectivity index (χ4n) is 8.09. The molecular formula is C48H95N2+. The SMILES string of the molecule is CCCCCCCCCCCCCCCCCCCc1n(CCCCCCCC)cc[n+]1CCCCCCCCCCCCCCCCCC. The van der Waals surface area contributed by atoms with E-state index in [9.17, 15) is 0 Å². The number of aromatic nitrogens is 2. The van der Waals surface area contributed by atoms with E-state index in [0.29, 0.717) is 0 Å². The van der Waals surface area contributed by atoms with Crippen LogP contribution in [-0.4, -0.2) is 4.57 Å². The largest absolute Gasteiger partial charge is 0.256 e. The maximum atomic E-state index is 2.65. The number of unbranched alkanes of at least 4 members (excludes halogenated alkanes) is 36. The summed E-state index contributed by atoms with van der Waals surface area (Å²) in [7, 11) is 0. The molecule has 1 aromatic heterocycles. The van der Waals surface area contributed by atoms with E-state index in [0.717, 1.165) is 0 Å². The van der Waals surface area contributed by atoms with Crippen molar-refractivity contribution < 1.29 is 4.57 Å². The molecule has 296 valence electrons. The van der Waals surface area contributed by atoms with Crippen LogP contribution in [0.2, 0.25) is 0 Å². The van der Waals surface area contributed by atoms with Crippen LogP contribution >= 0.6 is 0 Å². The molecule has 0 atom stereocenters. The standard InChI is InChI=1S/C48H95N2/c1-4-7-10-13-16-18-20-22-24-26-27-29-31-33-35-37-40-43-48-49(44-41-38-15-12-9-6-3)46-47-50(48)45-42-39-36-34-32-30-28-25-23-21-19-17-14-11-8-5-2/h46-47H,4-45H2,1-3H3/q+1. The van der Waals surface area contributed by atoms with Gasteiger partial charge in [-0.1, -0.05) is 239 Å². The van der Waals surface area contributed by atoms with E-state index in [2.05, 4.69) is 42.3 Å². The van der Waals surface area contributed by atoms with Crippen LogP contribution in [0, 0.1) is 0 Å². The molecule has 0 N–H and O–H groups in total. The molecule has 2 nitrogen and oxygen atoms in total. The summed E-state index contributed by atoms with van der Waals surface area (Å²) in [6, 6.07) is 0. The fraction of sp³-hybridized carbons (Fsp3) is 0.938. The molecular weight excluding hydrogens is 605 g/mol. The number of imidazole rings is 1. The van der Waals surface area contributed by atoms with Crippen molar-refractivity contribution >= 4 is 0 Å². The van der Waals surface area contributed by atoms with Crippen LogP contribution < -0.4 is 4.57 Å². The zero-order chi connectivity index (χ0) is 35.8. The Balaban J connectivity index is 2.16. The average Bonchev–Trinajstić information content (AvgIpc) is 3.51. The predicted molar refractivity (Wildman–Crippen MR) is 225 cm³/mol. The second kappa shape index (κ2) is 39.4. The van der Waals surface area contributed by atoms with E-state index in [1.165, 1.54) is 270 Å². The van der Waals surface area contributed by atoms with Crippen molar-refractivity contribution in [1.82, 2.24) is 4.57 Å². The fourth-order valence-corrected chi connectivity index (χ4v) is 8.09. The molecule has 50 heavy (non-hydrogen) atoms. The Hall–Kier alpha value is -0.790. The predicted octanol–water partition coefficient (Wildman–Crippen LogP) is 16.6. The van der Waals surface area contributed by atoms with Crippen molar-refractivity contribution in [1.29, 1.82) is 0 Å². The average molecular weight is 700 g/mol. The molecule has 0 saturated carbocycles. The summed E-state index contributed by atoms with van der Waals surface area (Å²) >= 11 is 0. The highest BCUT2D eigenvalue weighted by atomic mass is 15.1. The van der Waals surface area contributed by atoms with Gasteiger partial charge in [0.1, 0.15) is 12.4 Å². The van der Waals surface area contributed by atoms with Gasteiger partial charge in [0, 0.05) is 6.42 Å². The Morgan fingerprint density at radius 1 is 0.340 bits per heavy atom. The third-order valence-corrected chi connectivity index (χ3v) is 11.6. The first-order chi connectivity index (χ1) is 24.8. The lowest BCUT2D eigenvalue weighted by Crippen LogP contribution is -2.37. The van der Waals surface area contributed by atoms with Gasteiger partial charge in [-0.25, -0.2) is 9.13 Å². The molecule has 0 bridgehead atoms. The number of nitrogens with zero attached hydrogens (tertiary/aromatic N) is 2. The van der Waals surface area contributed by atoms with Crippen LogP contribution in [0.3, 0.4) is 0 Å². The molecule has 1 rings (SSSR count). The van der Waals surface area contributed by atoms with Crippen LogP contribution in [0.25, 0.3) is 0 Å². The zero-order valence-corrected chi connectivity index (χ0v) is 35.2. The molecule has 0 aromatic carbocycles. The van der Waals surface area contributed by atoms with E-state index in [-0.39, 0.29) is 0 Å². The third-order valence-electron chi connectivity index (χ3n) is 11.6. The molecule has 0 aliphatic carbocycles. The van der Waals surface area contributed by atoms with Crippen LogP contribution in [-0.2, 0) is 19.5 Å². The van der Waals surface area contributed by atoms with E-state index >= 15 is 0 Å². The monoisotopic (exact) mass is 700 g/mol. The minimum absolute atomic E-state index is 1.23. The minimum atomic E-state index is 1.23. The van der Waals surface area contributed by atoms with Crippen molar-refractivity contribution in [2.75, 3.05) is 0 Å². The van der Waals surface area contributed by atoms with Crippen molar-refractivity contribution in [3.8, 4) is 0 Å². The minimum Gasteiger partial charge on any atom is -0.234 e. The van der Waals surface area contributed by atoms with Gasteiger partial charge in [0.2, 0.25) is 0 Å². The summed E-state index contributed by atoms with van der Waals surface area (Å²) in [5, 5.41) is 0. The molecule has 0 unspecified atom stereocenters. The van der Waals surface area contributed by atoms with Gasteiger partial charge in [0.15, 0.2) is 0 Å². The van der Waals surface area contributed by atoms with E-state index in [4.69, 9.17) is 0 Å². The van der Waals surface area contributed by atoms with Gasteiger partial charge in [-0.2, -0.15) is 0 Å². The molecule has 0 aliphatic heterocycles. The number of hydrogen-bond acceptors (Lipinski definition) is 0. The molecule has 0 amide bonds. The molecule has 1 heterocycles. The number of rotatable bonds is 42. The first-order valence-electron chi connectivity index (χ1n) is 23.9. The van der Waals surface area contributed by atoms with Crippen LogP contribution in [0.1, 0.15) is 277 Å². The van der Waals surface area contributed by atoms with Crippen molar-refractivity contribution in [3.63, 3.8) is 0 Å². The summed E-state index contributed by atoms with van der Waals surface area (Å²) in [5.41, 5.74) is 0. The molecule has 0 aliphatic rings. The zero-order valence-electron chi connectivity index (χ0n) is 35.2. The highest BCUT2D eigenvalue weighted by Gasteiger charge is 2.16. The van der Waals surface area contributed by atoms with Gasteiger partial charge in [-0.05, 0) is 32.1 Å². The van der Waals surface area contributed by atoms with Crippen molar-refractivity contribution in [3.05, 3.63) is 18.2 Å². The molecule has 1 aromatic rings. The molecule has 0 saturated heterocycles. The molecule has 0 spiro atoms. The van der Waals surface area contributed by atoms with Gasteiger partial charge < -0.3 is 0 Å². The molecule has 0 fully saturated rings. The maximum absolute atomic E-state index is 2.65. The Kier molecular flexibility index (Phi) is 37.2. The second-order valence-electron chi connectivity index (χ2n) is 16.6. The summed E-state index contributed by atoms with van der Waals surface area (Å²) in [5.74, 6) is 1.63. The van der Waals surface area contributed by atoms with E-state index < -0.39 is 0 Å². The van der Waals surface area contributed by atoms with Gasteiger partial charge in [0.05, 0.1) is 13.1 Å². The third kappa shape index (κ3) is 30.8. The van der Waals surface area contributed by atoms with Crippen LogP contribution in [0.15, 0.2) is 12.4 Å². The summed E-state index contributed by atoms with van der Waals surface area (Å²) in [6.07, 6.45) is 62.3. The maximum Gasteiger partial charge on any atom is 0.256 e. The highest BCUT2D eigenvalue weighted by Crippen LogP contribution is 2.17. The second-order valence-corrected chi connectivity index (χ2v) is 16.6. The lowest BCUT2D eigenvalue weighted by molar-refractivity contribution is -0.704. The number of aryl methyl sites for hydroxylation is 2. The van der Waals surface area contributed by atoms with Gasteiger partial charge in [-0.3, -0.25) is 0 Å². The first-order valence-corrected chi connectivity index (χ1v) is 23.9. The normalized spacial score (nSPS) is 11.7. The van der Waals surface area contributed by atoms with Crippen molar-refractivity contribution in [2.45, 2.75) is 291 Å². The topological polar surface area (TPSA) is 8.81 Å². The highest BCUT2D eigenvalue weighted by molar-refractivity contribution is 4.84. The quantitative estimate of drug-likeness (QED) is 0.0474. The smallest absolute Gasteiger partial charge is 0.234 e. The Labute approximate surface area is 317 Å². The summed E-state index contributed by atoms with van der Waals surface area (Å²) in [6.45, 7) is 9.41.